The fourth-order valence-electron chi connectivity index (χ4n) is 1.04. The van der Waals surface area contributed by atoms with Crippen LogP contribution in [0, 0.1) is 0 Å². The molecule has 0 fully saturated rings. The van der Waals surface area contributed by atoms with Gasteiger partial charge in [-0.25, -0.2) is 4.79 Å². The van der Waals surface area contributed by atoms with Gasteiger partial charge in [0, 0.05) is 4.90 Å². The third-order valence-corrected chi connectivity index (χ3v) is 4.13. The molecule has 0 bridgehead atoms. The summed E-state index contributed by atoms with van der Waals surface area (Å²) < 4.78 is 3.64. The molecule has 0 aromatic heterocycles. The Hall–Kier alpha value is -0.380. The van der Waals surface area contributed by atoms with Crippen LogP contribution in [0.25, 0.3) is 0 Å². The number of ether oxygens (including phenoxy) is 1. The van der Waals surface area contributed by atoms with E-state index < -0.39 is 10.2 Å². The third-order valence-electron chi connectivity index (χ3n) is 1.77. The summed E-state index contributed by atoms with van der Waals surface area (Å²) in [5.74, 6) is -0.507. The van der Waals surface area contributed by atoms with Gasteiger partial charge in [0.15, 0.2) is 0 Å². The molecule has 0 radical (unpaired) electrons. The lowest BCUT2D eigenvalue weighted by molar-refractivity contribution is -0.143. The molecule has 5 heteroatoms. The normalized spacial score (nSPS) is 14.2. The summed E-state index contributed by atoms with van der Waals surface area (Å²) in [6.45, 7) is 2.02. The first kappa shape index (κ1) is 13.7. The number of benzene rings is 1. The average Bonchev–Trinajstić information content (AvgIpc) is 2.30. The Morgan fingerprint density at radius 1 is 1.44 bits per heavy atom. The van der Waals surface area contributed by atoms with Crippen LogP contribution in [0.4, 0.5) is 0 Å². The van der Waals surface area contributed by atoms with Crippen molar-refractivity contribution in [2.45, 2.75) is 16.0 Å². The molecule has 0 heterocycles. The molecule has 1 aromatic rings. The van der Waals surface area contributed by atoms with Crippen LogP contribution in [0.1, 0.15) is 6.92 Å². The Balaban J connectivity index is 2.78. The lowest BCUT2D eigenvalue weighted by Gasteiger charge is -2.21. The highest BCUT2D eigenvalue weighted by Gasteiger charge is 2.38. The van der Waals surface area contributed by atoms with E-state index in [2.05, 4.69) is 0 Å². The van der Waals surface area contributed by atoms with E-state index in [9.17, 15) is 4.79 Å². The standard InChI is InChI=1S/C11H12Cl2O2S/c1-2-15-10(14)11(13,8-12)16-9-6-4-3-5-7-9/h3-7H,2,8H2,1H3. The van der Waals surface area contributed by atoms with Crippen LogP contribution in [0.15, 0.2) is 35.2 Å². The quantitative estimate of drug-likeness (QED) is 0.468. The molecule has 0 aliphatic rings. The highest BCUT2D eigenvalue weighted by molar-refractivity contribution is 8.02. The molecule has 1 aromatic carbocycles. The second kappa shape index (κ2) is 6.38. The van der Waals surface area contributed by atoms with Gasteiger partial charge in [0.05, 0.1) is 12.5 Å². The summed E-state index contributed by atoms with van der Waals surface area (Å²) in [4.78, 5) is 12.5. The summed E-state index contributed by atoms with van der Waals surface area (Å²) in [6, 6.07) is 9.38. The number of esters is 1. The molecule has 1 atom stereocenters. The van der Waals surface area contributed by atoms with Crippen LogP contribution in [0.5, 0.6) is 0 Å². The number of hydrogen-bond acceptors (Lipinski definition) is 3. The van der Waals surface area contributed by atoms with Gasteiger partial charge in [-0.05, 0) is 19.1 Å². The van der Waals surface area contributed by atoms with Gasteiger partial charge in [-0.2, -0.15) is 0 Å². The zero-order chi connectivity index (χ0) is 12.0. The molecule has 0 saturated heterocycles. The van der Waals surface area contributed by atoms with Crippen molar-refractivity contribution in [3.63, 3.8) is 0 Å². The van der Waals surface area contributed by atoms with E-state index in [0.29, 0.717) is 6.61 Å². The first-order valence-corrected chi connectivity index (χ1v) is 6.51. The lowest BCUT2D eigenvalue weighted by Crippen LogP contribution is -2.32. The molecule has 1 unspecified atom stereocenters. The highest BCUT2D eigenvalue weighted by atomic mass is 35.5. The van der Waals surface area contributed by atoms with Crippen molar-refractivity contribution in [2.24, 2.45) is 0 Å². The molecule has 0 aliphatic carbocycles. The van der Waals surface area contributed by atoms with Crippen molar-refractivity contribution in [2.75, 3.05) is 12.5 Å². The maximum atomic E-state index is 11.6. The summed E-state index contributed by atoms with van der Waals surface area (Å²) in [7, 11) is 0. The molecule has 88 valence electrons. The topological polar surface area (TPSA) is 26.3 Å². The third kappa shape index (κ3) is 3.58. The summed E-state index contributed by atoms with van der Waals surface area (Å²) >= 11 is 13.1. The van der Waals surface area contributed by atoms with E-state index in [-0.39, 0.29) is 5.88 Å². The monoisotopic (exact) mass is 278 g/mol. The molecule has 0 aliphatic heterocycles. The molecule has 0 saturated carbocycles. The molecular formula is C11H12Cl2O2S. The number of halogens is 2. The van der Waals surface area contributed by atoms with Crippen LogP contribution in [-0.4, -0.2) is 22.7 Å². The fourth-order valence-corrected chi connectivity index (χ4v) is 2.50. The molecular weight excluding hydrogens is 267 g/mol. The van der Waals surface area contributed by atoms with E-state index in [1.54, 1.807) is 6.92 Å². The Morgan fingerprint density at radius 2 is 2.06 bits per heavy atom. The highest BCUT2D eigenvalue weighted by Crippen LogP contribution is 2.38. The van der Waals surface area contributed by atoms with Crippen molar-refractivity contribution in [1.29, 1.82) is 0 Å². The summed E-state index contributed by atoms with van der Waals surface area (Å²) in [5.41, 5.74) is 0. The lowest BCUT2D eigenvalue weighted by atomic mass is 10.4. The van der Waals surface area contributed by atoms with Gasteiger partial charge in [0.1, 0.15) is 0 Å². The van der Waals surface area contributed by atoms with Crippen molar-refractivity contribution in [3.05, 3.63) is 30.3 Å². The van der Waals surface area contributed by atoms with Gasteiger partial charge >= 0.3 is 5.97 Å². The van der Waals surface area contributed by atoms with E-state index >= 15 is 0 Å². The SMILES string of the molecule is CCOC(=O)C(Cl)(CCl)Sc1ccccc1. The Labute approximate surface area is 109 Å². The zero-order valence-corrected chi connectivity index (χ0v) is 11.1. The number of carbonyl (C=O) groups is 1. The second-order valence-electron chi connectivity index (χ2n) is 3.00. The van der Waals surface area contributed by atoms with E-state index in [0.717, 1.165) is 4.90 Å². The number of alkyl halides is 2. The van der Waals surface area contributed by atoms with Gasteiger partial charge in [-0.15, -0.1) is 11.6 Å². The van der Waals surface area contributed by atoms with Crippen LogP contribution < -0.4 is 0 Å². The van der Waals surface area contributed by atoms with Crippen molar-refractivity contribution in [1.82, 2.24) is 0 Å². The Kier molecular flexibility index (Phi) is 5.46. The van der Waals surface area contributed by atoms with Gasteiger partial charge in [-0.3, -0.25) is 0 Å². The van der Waals surface area contributed by atoms with Gasteiger partial charge in [0.2, 0.25) is 4.21 Å². The average molecular weight is 279 g/mol. The van der Waals surface area contributed by atoms with E-state index in [1.807, 2.05) is 30.3 Å². The Morgan fingerprint density at radius 3 is 2.56 bits per heavy atom. The maximum Gasteiger partial charge on any atom is 0.339 e. The molecule has 2 nitrogen and oxygen atoms in total. The van der Waals surface area contributed by atoms with Crippen molar-refractivity contribution < 1.29 is 9.53 Å². The fraction of sp³-hybridized carbons (Fsp3) is 0.364. The second-order valence-corrected chi connectivity index (χ2v) is 5.51. The minimum Gasteiger partial charge on any atom is -0.464 e. The van der Waals surface area contributed by atoms with Crippen molar-refractivity contribution >= 4 is 40.9 Å². The zero-order valence-electron chi connectivity index (χ0n) is 8.78. The van der Waals surface area contributed by atoms with Gasteiger partial charge in [0.25, 0.3) is 0 Å². The van der Waals surface area contributed by atoms with E-state index in [1.165, 1.54) is 11.8 Å². The molecule has 0 spiro atoms. The molecule has 0 N–H and O–H groups in total. The van der Waals surface area contributed by atoms with Crippen LogP contribution in [0.2, 0.25) is 0 Å². The molecule has 0 amide bonds. The largest absolute Gasteiger partial charge is 0.464 e. The predicted octanol–water partition coefficient (Wildman–Crippen LogP) is 3.52. The van der Waals surface area contributed by atoms with Gasteiger partial charge in [-0.1, -0.05) is 41.6 Å². The van der Waals surface area contributed by atoms with Crippen molar-refractivity contribution in [3.8, 4) is 0 Å². The number of hydrogen-bond donors (Lipinski definition) is 0. The van der Waals surface area contributed by atoms with Crippen LogP contribution in [0.3, 0.4) is 0 Å². The minimum absolute atomic E-state index is 0.00699. The Bertz CT molecular complexity index is 345. The predicted molar refractivity (Wildman–Crippen MR) is 68.2 cm³/mol. The number of rotatable bonds is 5. The van der Waals surface area contributed by atoms with Crippen LogP contribution >= 0.6 is 35.0 Å². The first-order valence-electron chi connectivity index (χ1n) is 4.78. The number of thioether (sulfide) groups is 1. The molecule has 1 rings (SSSR count). The molecule has 16 heavy (non-hydrogen) atoms. The number of carbonyl (C=O) groups excluding carboxylic acids is 1. The van der Waals surface area contributed by atoms with Crippen LogP contribution in [-0.2, 0) is 9.53 Å². The summed E-state index contributed by atoms with van der Waals surface area (Å²) in [6.07, 6.45) is 0. The van der Waals surface area contributed by atoms with E-state index in [4.69, 9.17) is 27.9 Å². The minimum atomic E-state index is -1.25. The van der Waals surface area contributed by atoms with Gasteiger partial charge < -0.3 is 4.74 Å². The first-order chi connectivity index (χ1) is 7.62. The summed E-state index contributed by atoms with van der Waals surface area (Å²) in [5, 5.41) is 0. The maximum absolute atomic E-state index is 11.6. The smallest absolute Gasteiger partial charge is 0.339 e.